The summed E-state index contributed by atoms with van der Waals surface area (Å²) in [5, 5.41) is 11.8. The van der Waals surface area contributed by atoms with Crippen molar-refractivity contribution in [1.82, 2.24) is 5.32 Å². The molecular weight excluding hydrogens is 320 g/mol. The minimum atomic E-state index is -0.356. The Bertz CT molecular complexity index is 540. The monoisotopic (exact) mass is 334 g/mol. The third kappa shape index (κ3) is 4.19. The van der Waals surface area contributed by atoms with Gasteiger partial charge in [-0.15, -0.1) is 0 Å². The lowest BCUT2D eigenvalue weighted by molar-refractivity contribution is -0.117. The Labute approximate surface area is 126 Å². The maximum Gasteiger partial charge on any atom is 0.262 e. The molecule has 1 aliphatic heterocycles. The maximum absolute atomic E-state index is 11.9. The average molecular weight is 335 g/mol. The van der Waals surface area contributed by atoms with E-state index in [1.165, 1.54) is 0 Å². The molecular formula is C15H15BrN2O2. The second-order valence-electron chi connectivity index (χ2n) is 4.57. The summed E-state index contributed by atoms with van der Waals surface area (Å²) in [4.78, 5) is 11.9. The van der Waals surface area contributed by atoms with Gasteiger partial charge in [0, 0.05) is 17.6 Å². The molecule has 1 N–H and O–H groups in total. The zero-order valence-electron chi connectivity index (χ0n) is 10.9. The number of nitrogens with zero attached hydrogens (tertiary/aromatic N) is 1. The molecule has 5 heteroatoms. The number of nitrogens with one attached hydrogen (secondary N) is 1. The molecule has 1 saturated heterocycles. The number of halogens is 1. The van der Waals surface area contributed by atoms with Crippen LogP contribution in [0.2, 0.25) is 0 Å². The van der Waals surface area contributed by atoms with Gasteiger partial charge in [0.25, 0.3) is 5.91 Å². The quantitative estimate of drug-likeness (QED) is 0.680. The first kappa shape index (κ1) is 14.8. The smallest absolute Gasteiger partial charge is 0.262 e. The van der Waals surface area contributed by atoms with Crippen molar-refractivity contribution in [2.45, 2.75) is 18.9 Å². The number of rotatable bonds is 4. The number of ether oxygens (including phenoxy) is 1. The Morgan fingerprint density at radius 3 is 2.85 bits per heavy atom. The minimum absolute atomic E-state index is 0.0755. The van der Waals surface area contributed by atoms with Crippen molar-refractivity contribution in [1.29, 1.82) is 5.26 Å². The van der Waals surface area contributed by atoms with Crippen molar-refractivity contribution in [2.75, 3.05) is 13.2 Å². The van der Waals surface area contributed by atoms with E-state index in [4.69, 9.17) is 10.00 Å². The summed E-state index contributed by atoms with van der Waals surface area (Å²) >= 11 is 3.34. The maximum atomic E-state index is 11.9. The summed E-state index contributed by atoms with van der Waals surface area (Å²) in [6, 6.07) is 9.35. The minimum Gasteiger partial charge on any atom is -0.376 e. The third-order valence-electron chi connectivity index (χ3n) is 3.06. The molecule has 1 aromatic carbocycles. The summed E-state index contributed by atoms with van der Waals surface area (Å²) in [5.41, 5.74) is 0.919. The number of carbonyl (C=O) groups excluding carboxylic acids is 1. The van der Waals surface area contributed by atoms with E-state index in [1.54, 1.807) is 6.08 Å². The van der Waals surface area contributed by atoms with E-state index in [2.05, 4.69) is 21.2 Å². The van der Waals surface area contributed by atoms with E-state index in [0.717, 1.165) is 29.5 Å². The first-order chi connectivity index (χ1) is 9.69. The largest absolute Gasteiger partial charge is 0.376 e. The van der Waals surface area contributed by atoms with E-state index in [1.807, 2.05) is 30.3 Å². The Balaban J connectivity index is 1.97. The van der Waals surface area contributed by atoms with Gasteiger partial charge in [0.05, 0.1) is 6.10 Å². The summed E-state index contributed by atoms with van der Waals surface area (Å²) in [6.45, 7) is 1.21. The van der Waals surface area contributed by atoms with E-state index in [0.29, 0.717) is 6.54 Å². The fourth-order valence-corrected chi connectivity index (χ4v) is 2.25. The fraction of sp³-hybridized carbons (Fsp3) is 0.333. The van der Waals surface area contributed by atoms with Crippen molar-refractivity contribution in [2.24, 2.45) is 0 Å². The Hall–Kier alpha value is -1.64. The van der Waals surface area contributed by atoms with Crippen LogP contribution in [-0.4, -0.2) is 25.2 Å². The number of hydrogen-bond donors (Lipinski definition) is 1. The average Bonchev–Trinajstić information content (AvgIpc) is 2.97. The zero-order chi connectivity index (χ0) is 14.4. The Kier molecular flexibility index (Phi) is 5.33. The normalized spacial score (nSPS) is 18.6. The summed E-state index contributed by atoms with van der Waals surface area (Å²) in [6.07, 6.45) is 3.64. The van der Waals surface area contributed by atoms with Crippen LogP contribution < -0.4 is 5.32 Å². The highest BCUT2D eigenvalue weighted by atomic mass is 79.9. The standard InChI is InChI=1S/C15H15BrN2O2/c16-13-5-3-11(4-6-13)8-12(9-17)15(19)18-10-14-2-1-7-20-14/h3-6,8,14H,1-2,7,10H2,(H,18,19)/b12-8+/t14-/m1/s1. The predicted octanol–water partition coefficient (Wildman–Crippen LogP) is 2.65. The van der Waals surface area contributed by atoms with Gasteiger partial charge in [-0.25, -0.2) is 0 Å². The molecule has 1 atom stereocenters. The summed E-state index contributed by atoms with van der Waals surface area (Å²) in [5.74, 6) is -0.356. The molecule has 1 amide bonds. The number of carbonyl (C=O) groups is 1. The molecule has 104 valence electrons. The fourth-order valence-electron chi connectivity index (χ4n) is 1.98. The molecule has 1 fully saturated rings. The SMILES string of the molecule is N#C/C(=C\c1ccc(Br)cc1)C(=O)NC[C@H]1CCCO1. The van der Waals surface area contributed by atoms with Crippen LogP contribution in [0, 0.1) is 11.3 Å². The Morgan fingerprint density at radius 2 is 2.25 bits per heavy atom. The van der Waals surface area contributed by atoms with Crippen LogP contribution in [0.15, 0.2) is 34.3 Å². The molecule has 1 aliphatic rings. The van der Waals surface area contributed by atoms with Gasteiger partial charge < -0.3 is 10.1 Å². The molecule has 0 bridgehead atoms. The topological polar surface area (TPSA) is 62.1 Å². The van der Waals surface area contributed by atoms with Crippen molar-refractivity contribution >= 4 is 27.9 Å². The Morgan fingerprint density at radius 1 is 1.50 bits per heavy atom. The molecule has 2 rings (SSSR count). The predicted molar refractivity (Wildman–Crippen MR) is 79.7 cm³/mol. The van der Waals surface area contributed by atoms with Gasteiger partial charge in [-0.2, -0.15) is 5.26 Å². The van der Waals surface area contributed by atoms with Crippen LogP contribution >= 0.6 is 15.9 Å². The van der Waals surface area contributed by atoms with Gasteiger partial charge in [-0.3, -0.25) is 4.79 Å². The van der Waals surface area contributed by atoms with Crippen LogP contribution in [0.5, 0.6) is 0 Å². The molecule has 0 spiro atoms. The van der Waals surface area contributed by atoms with Gasteiger partial charge in [0.15, 0.2) is 0 Å². The first-order valence-electron chi connectivity index (χ1n) is 6.46. The lowest BCUT2D eigenvalue weighted by Crippen LogP contribution is -2.32. The van der Waals surface area contributed by atoms with Crippen LogP contribution in [0.4, 0.5) is 0 Å². The zero-order valence-corrected chi connectivity index (χ0v) is 12.5. The van der Waals surface area contributed by atoms with Crippen LogP contribution in [0.25, 0.3) is 6.08 Å². The van der Waals surface area contributed by atoms with Gasteiger partial charge in [-0.05, 0) is 36.6 Å². The number of amides is 1. The van der Waals surface area contributed by atoms with Gasteiger partial charge in [0.1, 0.15) is 11.6 Å². The van der Waals surface area contributed by atoms with Crippen LogP contribution in [0.3, 0.4) is 0 Å². The molecule has 0 aromatic heterocycles. The molecule has 0 saturated carbocycles. The number of nitriles is 1. The van der Waals surface area contributed by atoms with E-state index in [9.17, 15) is 4.79 Å². The highest BCUT2D eigenvalue weighted by Gasteiger charge is 2.17. The van der Waals surface area contributed by atoms with E-state index < -0.39 is 0 Å². The lowest BCUT2D eigenvalue weighted by atomic mass is 10.1. The molecule has 0 aliphatic carbocycles. The molecule has 0 radical (unpaired) electrons. The van der Waals surface area contributed by atoms with Crippen molar-refractivity contribution < 1.29 is 9.53 Å². The molecule has 1 heterocycles. The number of benzene rings is 1. The number of hydrogen-bond acceptors (Lipinski definition) is 3. The third-order valence-corrected chi connectivity index (χ3v) is 3.59. The molecule has 1 aromatic rings. The molecule has 4 nitrogen and oxygen atoms in total. The second kappa shape index (κ2) is 7.22. The van der Waals surface area contributed by atoms with Gasteiger partial charge in [-0.1, -0.05) is 28.1 Å². The summed E-state index contributed by atoms with van der Waals surface area (Å²) < 4.78 is 6.38. The van der Waals surface area contributed by atoms with Crippen molar-refractivity contribution in [3.8, 4) is 6.07 Å². The highest BCUT2D eigenvalue weighted by molar-refractivity contribution is 9.10. The van der Waals surface area contributed by atoms with E-state index in [-0.39, 0.29) is 17.6 Å². The molecule has 0 unspecified atom stereocenters. The summed E-state index contributed by atoms with van der Waals surface area (Å²) in [7, 11) is 0. The first-order valence-corrected chi connectivity index (χ1v) is 7.25. The van der Waals surface area contributed by atoms with Gasteiger partial charge in [0.2, 0.25) is 0 Å². The van der Waals surface area contributed by atoms with Gasteiger partial charge >= 0.3 is 0 Å². The molecule has 20 heavy (non-hydrogen) atoms. The highest BCUT2D eigenvalue weighted by Crippen LogP contribution is 2.14. The van der Waals surface area contributed by atoms with Crippen molar-refractivity contribution in [3.05, 3.63) is 39.9 Å². The lowest BCUT2D eigenvalue weighted by Gasteiger charge is -2.10. The second-order valence-corrected chi connectivity index (χ2v) is 5.48. The van der Waals surface area contributed by atoms with Crippen molar-refractivity contribution in [3.63, 3.8) is 0 Å². The van der Waals surface area contributed by atoms with Crippen LogP contribution in [0.1, 0.15) is 18.4 Å². The van der Waals surface area contributed by atoms with Crippen LogP contribution in [-0.2, 0) is 9.53 Å². The van der Waals surface area contributed by atoms with E-state index >= 15 is 0 Å².